The lowest BCUT2D eigenvalue weighted by molar-refractivity contribution is 0.665. The summed E-state index contributed by atoms with van der Waals surface area (Å²) < 4.78 is 36.0. The van der Waals surface area contributed by atoms with E-state index in [9.17, 15) is 0 Å². The summed E-state index contributed by atoms with van der Waals surface area (Å²) in [5, 5.41) is 18.7. The van der Waals surface area contributed by atoms with E-state index in [1.165, 1.54) is 81.7 Å². The molecule has 0 bridgehead atoms. The fraction of sp³-hybridized carbons (Fsp3) is 0. The summed E-state index contributed by atoms with van der Waals surface area (Å²) in [5.74, 6) is 0. The molecule has 0 aliphatic carbocycles. The Morgan fingerprint density at radius 3 is 0.663 bits per heavy atom. The molecule has 0 atom stereocenters. The number of aromatic nitrogens is 4. The first-order valence-corrected chi connectivity index (χ1v) is 35.4. The van der Waals surface area contributed by atoms with Crippen LogP contribution in [0.3, 0.4) is 0 Å². The molecule has 104 heavy (non-hydrogen) atoms. The molecule has 24 aromatic rings. The SMILES string of the molecule is c1cc(-c2cccc3c2oc2ccc(-n4c5ccccc5c5ccccc54)cc23)c2oc3ccc(-n4c5ccccc5c5ccccc54)cc3c2c1.c1ccc2c(c1)oc1c(-c3cccc4c3oc3ccc(-n5c6ccccc6c6cc(-n7c8ccccc8c8ccccc87)ccc65)cc34)cccc12. The summed E-state index contributed by atoms with van der Waals surface area (Å²) in [6.07, 6.45) is 0. The van der Waals surface area contributed by atoms with Crippen molar-refractivity contribution in [3.63, 3.8) is 0 Å². The van der Waals surface area contributed by atoms with Gasteiger partial charge < -0.3 is 35.9 Å². The summed E-state index contributed by atoms with van der Waals surface area (Å²) in [6, 6.07) is 121. The van der Waals surface area contributed by atoms with Gasteiger partial charge in [0, 0.05) is 131 Å². The fourth-order valence-electron chi connectivity index (χ4n) is 17.4. The number of benzene rings is 16. The van der Waals surface area contributed by atoms with Gasteiger partial charge in [-0.2, -0.15) is 0 Å². The molecule has 484 valence electrons. The summed E-state index contributed by atoms with van der Waals surface area (Å²) in [5.41, 5.74) is 25.0. The Hall–Kier alpha value is -14.1. The Morgan fingerprint density at radius 1 is 0.144 bits per heavy atom. The Balaban J connectivity index is 0.000000127. The molecule has 8 heterocycles. The molecule has 8 nitrogen and oxygen atoms in total. The number of rotatable bonds is 6. The molecule has 16 aromatic carbocycles. The van der Waals surface area contributed by atoms with Gasteiger partial charge in [-0.15, -0.1) is 0 Å². The third-order valence-electron chi connectivity index (χ3n) is 21.9. The molecule has 8 aromatic heterocycles. The fourth-order valence-corrected chi connectivity index (χ4v) is 17.4. The number of hydrogen-bond donors (Lipinski definition) is 0. The number of para-hydroxylation sites is 12. The molecule has 0 radical (unpaired) electrons. The molecule has 0 unspecified atom stereocenters. The van der Waals surface area contributed by atoms with Gasteiger partial charge in [0.1, 0.15) is 44.7 Å². The molecule has 0 saturated carbocycles. The van der Waals surface area contributed by atoms with Crippen LogP contribution < -0.4 is 0 Å². The van der Waals surface area contributed by atoms with Crippen LogP contribution in [0.4, 0.5) is 0 Å². The minimum atomic E-state index is 0.857. The standard InChI is InChI=1S/2C48H28N2O2/c1-5-19-41-31(11-1)32-12-2-6-20-42(32)49(41)29-23-25-45-39(27-29)37-17-9-15-35(47(37)51-45)36-16-10-18-38-40-28-30(24-26-46(40)52-48(36)38)50-43-21-7-3-13-33(43)34-14-4-8-22-44(34)50;1-5-19-41-31(11-1)32-12-2-6-20-42(32)49(41)29-23-25-44-39(27-29)33-13-3-7-21-43(33)50(44)30-24-26-46-40(28-30)38-18-10-17-37(48(38)52-46)36-16-9-15-35-34-14-4-8-22-45(34)51-47(35)36/h2*1-28H. The highest BCUT2D eigenvalue weighted by atomic mass is 16.3. The van der Waals surface area contributed by atoms with Gasteiger partial charge in [-0.1, -0.05) is 218 Å². The van der Waals surface area contributed by atoms with Crippen LogP contribution >= 0.6 is 0 Å². The molecule has 0 spiro atoms. The lowest BCUT2D eigenvalue weighted by Gasteiger charge is -2.10. The number of hydrogen-bond acceptors (Lipinski definition) is 4. The van der Waals surface area contributed by atoms with Crippen molar-refractivity contribution < 1.29 is 17.7 Å². The minimum absolute atomic E-state index is 0.857. The zero-order valence-electron chi connectivity index (χ0n) is 55.8. The monoisotopic (exact) mass is 1330 g/mol. The van der Waals surface area contributed by atoms with Crippen molar-refractivity contribution in [2.45, 2.75) is 0 Å². The van der Waals surface area contributed by atoms with Crippen molar-refractivity contribution >= 4 is 175 Å². The van der Waals surface area contributed by atoms with Crippen LogP contribution in [0.25, 0.3) is 220 Å². The normalized spacial score (nSPS) is 12.2. The average Bonchev–Trinajstić information content (AvgIpc) is 1.59. The first-order chi connectivity index (χ1) is 51.6. The van der Waals surface area contributed by atoms with Gasteiger partial charge in [0.15, 0.2) is 0 Å². The van der Waals surface area contributed by atoms with Crippen LogP contribution in [0.15, 0.2) is 357 Å². The second-order valence-corrected chi connectivity index (χ2v) is 27.3. The van der Waals surface area contributed by atoms with Crippen molar-refractivity contribution in [2.24, 2.45) is 0 Å². The van der Waals surface area contributed by atoms with Crippen LogP contribution in [-0.4, -0.2) is 18.3 Å². The van der Waals surface area contributed by atoms with Crippen LogP contribution in [0.5, 0.6) is 0 Å². The lowest BCUT2D eigenvalue weighted by atomic mass is 10.00. The first kappa shape index (κ1) is 56.8. The van der Waals surface area contributed by atoms with E-state index in [4.69, 9.17) is 17.7 Å². The van der Waals surface area contributed by atoms with Crippen LogP contribution in [0.1, 0.15) is 0 Å². The highest BCUT2D eigenvalue weighted by Crippen LogP contribution is 2.47. The molecule has 24 rings (SSSR count). The van der Waals surface area contributed by atoms with Crippen LogP contribution in [0.2, 0.25) is 0 Å². The van der Waals surface area contributed by atoms with Crippen molar-refractivity contribution in [2.75, 3.05) is 0 Å². The van der Waals surface area contributed by atoms with E-state index in [0.29, 0.717) is 0 Å². The topological polar surface area (TPSA) is 72.3 Å². The van der Waals surface area contributed by atoms with E-state index in [2.05, 4.69) is 346 Å². The molecule has 0 saturated heterocycles. The van der Waals surface area contributed by atoms with Crippen molar-refractivity contribution in [1.29, 1.82) is 0 Å². The second kappa shape index (κ2) is 21.7. The van der Waals surface area contributed by atoms with Crippen molar-refractivity contribution in [3.05, 3.63) is 340 Å². The Labute approximate surface area is 592 Å². The second-order valence-electron chi connectivity index (χ2n) is 27.3. The molecule has 8 heteroatoms. The zero-order valence-corrected chi connectivity index (χ0v) is 55.8. The van der Waals surface area contributed by atoms with E-state index in [1.54, 1.807) is 0 Å². The van der Waals surface area contributed by atoms with Gasteiger partial charge in [0.05, 0.1) is 44.1 Å². The van der Waals surface area contributed by atoms with Crippen molar-refractivity contribution in [1.82, 2.24) is 18.3 Å². The summed E-state index contributed by atoms with van der Waals surface area (Å²) in [7, 11) is 0. The Morgan fingerprint density at radius 2 is 0.356 bits per heavy atom. The molecule has 0 aliphatic heterocycles. The number of furan rings is 4. The maximum Gasteiger partial charge on any atom is 0.143 e. The number of fused-ring (bicyclic) bond motifs is 24. The Kier molecular flexibility index (Phi) is 11.9. The molecule has 0 N–H and O–H groups in total. The van der Waals surface area contributed by atoms with Crippen molar-refractivity contribution in [3.8, 4) is 45.0 Å². The third-order valence-corrected chi connectivity index (χ3v) is 21.9. The van der Waals surface area contributed by atoms with E-state index in [1.807, 2.05) is 12.1 Å². The molecular formula is C96H56N4O4. The highest BCUT2D eigenvalue weighted by molar-refractivity contribution is 6.20. The number of nitrogens with zero attached hydrogens (tertiary/aromatic N) is 4. The maximum absolute atomic E-state index is 6.70. The van der Waals surface area contributed by atoms with E-state index in [-0.39, 0.29) is 0 Å². The van der Waals surface area contributed by atoms with Crippen LogP contribution in [0, 0.1) is 0 Å². The third kappa shape index (κ3) is 8.13. The predicted molar refractivity (Wildman–Crippen MR) is 430 cm³/mol. The minimum Gasteiger partial charge on any atom is -0.455 e. The highest BCUT2D eigenvalue weighted by Gasteiger charge is 2.24. The quantitative estimate of drug-likeness (QED) is 0.166. The van der Waals surface area contributed by atoms with E-state index in [0.717, 1.165) is 138 Å². The molecule has 0 fully saturated rings. The first-order valence-electron chi connectivity index (χ1n) is 35.4. The molecular weight excluding hydrogens is 1270 g/mol. The average molecular weight is 1330 g/mol. The van der Waals surface area contributed by atoms with Gasteiger partial charge in [-0.3, -0.25) is 0 Å². The van der Waals surface area contributed by atoms with Gasteiger partial charge in [0.2, 0.25) is 0 Å². The maximum atomic E-state index is 6.70. The Bertz CT molecular complexity index is 7380. The van der Waals surface area contributed by atoms with Gasteiger partial charge in [0.25, 0.3) is 0 Å². The summed E-state index contributed by atoms with van der Waals surface area (Å²) in [6.45, 7) is 0. The molecule has 0 aliphatic rings. The van der Waals surface area contributed by atoms with Gasteiger partial charge >= 0.3 is 0 Å². The predicted octanol–water partition coefficient (Wildman–Crippen LogP) is 26.7. The van der Waals surface area contributed by atoms with E-state index < -0.39 is 0 Å². The summed E-state index contributed by atoms with van der Waals surface area (Å²) >= 11 is 0. The zero-order chi connectivity index (χ0) is 67.8. The lowest BCUT2D eigenvalue weighted by Crippen LogP contribution is -1.95. The van der Waals surface area contributed by atoms with E-state index >= 15 is 0 Å². The molecule has 0 amide bonds. The van der Waals surface area contributed by atoms with Gasteiger partial charge in [-0.05, 0) is 121 Å². The van der Waals surface area contributed by atoms with Crippen LogP contribution in [-0.2, 0) is 0 Å². The summed E-state index contributed by atoms with van der Waals surface area (Å²) in [4.78, 5) is 0. The smallest absolute Gasteiger partial charge is 0.143 e. The van der Waals surface area contributed by atoms with Gasteiger partial charge in [-0.25, -0.2) is 0 Å². The largest absolute Gasteiger partial charge is 0.455 e.